The molecular weight excluding hydrogens is 750 g/mol. The first-order valence-electron chi connectivity index (χ1n) is 18.6. The summed E-state index contributed by atoms with van der Waals surface area (Å²) in [5.41, 5.74) is 6.29. The summed E-state index contributed by atoms with van der Waals surface area (Å²) in [6.45, 7) is 6.54. The summed E-state index contributed by atoms with van der Waals surface area (Å²) in [6.07, 6.45) is 2.83. The molecule has 1 heterocycles. The van der Waals surface area contributed by atoms with Gasteiger partial charge in [0.15, 0.2) is 0 Å². The zero-order chi connectivity index (χ0) is 41.8. The lowest BCUT2D eigenvalue weighted by Crippen LogP contribution is -2.54. The number of nitrogens with zero attached hydrogens (tertiary/aromatic N) is 1. The van der Waals surface area contributed by atoms with E-state index in [2.05, 4.69) is 26.6 Å². The molecule has 1 aliphatic heterocycles. The van der Waals surface area contributed by atoms with Gasteiger partial charge in [0.05, 0.1) is 52.9 Å². The molecule has 1 aromatic rings. The summed E-state index contributed by atoms with van der Waals surface area (Å²) >= 11 is 0. The first-order chi connectivity index (χ1) is 27.4. The molecule has 0 saturated carbocycles. The average molecular weight is 806 g/mol. The SMILES string of the molecule is CC(C)[C@@H](NC(=O)CCOCCOCCOCCOCCNC(=O)CCN1C(=O)C=CC1=O)C(=O)N[C@H](CCCNC(N)=O)C(=O)Nc1ccc(COC=O)cc1. The quantitative estimate of drug-likeness (QED) is 0.0307. The van der Waals surface area contributed by atoms with Crippen LogP contribution in [0.2, 0.25) is 0 Å². The number of benzene rings is 1. The largest absolute Gasteiger partial charge is 0.463 e. The van der Waals surface area contributed by atoms with Crippen molar-refractivity contribution in [2.24, 2.45) is 11.7 Å². The molecule has 0 fully saturated rings. The van der Waals surface area contributed by atoms with E-state index in [0.717, 1.165) is 4.90 Å². The van der Waals surface area contributed by atoms with E-state index in [1.807, 2.05) is 0 Å². The third-order valence-electron chi connectivity index (χ3n) is 8.03. The highest BCUT2D eigenvalue weighted by atomic mass is 16.6. The van der Waals surface area contributed by atoms with Crippen molar-refractivity contribution < 1.29 is 62.0 Å². The number of amides is 8. The Kier molecular flexibility index (Phi) is 23.5. The lowest BCUT2D eigenvalue weighted by atomic mass is 10.0. The van der Waals surface area contributed by atoms with Gasteiger partial charge in [-0.3, -0.25) is 38.5 Å². The van der Waals surface area contributed by atoms with Crippen LogP contribution in [-0.4, -0.2) is 137 Å². The summed E-state index contributed by atoms with van der Waals surface area (Å²) in [5.74, 6) is -2.95. The summed E-state index contributed by atoms with van der Waals surface area (Å²) in [4.78, 5) is 96.6. The van der Waals surface area contributed by atoms with E-state index in [9.17, 15) is 38.4 Å². The molecule has 57 heavy (non-hydrogen) atoms. The number of imide groups is 1. The lowest BCUT2D eigenvalue weighted by molar-refractivity contribution is -0.137. The molecule has 316 valence electrons. The Balaban J connectivity index is 1.59. The molecule has 0 unspecified atom stereocenters. The summed E-state index contributed by atoms with van der Waals surface area (Å²) in [5, 5.41) is 13.3. The third-order valence-corrected chi connectivity index (χ3v) is 8.03. The van der Waals surface area contributed by atoms with E-state index in [-0.39, 0.29) is 83.8 Å². The van der Waals surface area contributed by atoms with Gasteiger partial charge < -0.3 is 56.0 Å². The van der Waals surface area contributed by atoms with Crippen LogP contribution in [0.15, 0.2) is 36.4 Å². The number of hydrogen-bond acceptors (Lipinski definition) is 13. The fraction of sp³-hybridized carbons (Fsp3) is 0.568. The molecule has 2 atom stereocenters. The van der Waals surface area contributed by atoms with Crippen LogP contribution in [0.25, 0.3) is 0 Å². The molecule has 0 bridgehead atoms. The van der Waals surface area contributed by atoms with Gasteiger partial charge in [0, 0.05) is 50.3 Å². The fourth-order valence-electron chi connectivity index (χ4n) is 5.02. The second kappa shape index (κ2) is 28.0. The number of ether oxygens (including phenoxy) is 5. The third kappa shape index (κ3) is 20.9. The van der Waals surface area contributed by atoms with Gasteiger partial charge in [0.2, 0.25) is 23.6 Å². The van der Waals surface area contributed by atoms with Gasteiger partial charge in [0.25, 0.3) is 18.3 Å². The standard InChI is InChI=1S/C37H55N7O13/c1-26(2)34(36(51)42-29(4-3-13-40-37(38)52)35(50)41-28-7-5-27(6-8-28)24-57-25-45)43-31(47)12-16-53-18-20-55-22-23-56-21-19-54-17-14-39-30(46)11-15-44-32(48)9-10-33(44)49/h5-10,25-26,29,34H,3-4,11-24H2,1-2H3,(H,39,46)(H,41,50)(H,42,51)(H,43,47)(H3,38,40,52)/t29-,34-/m1/s1. The van der Waals surface area contributed by atoms with Crippen LogP contribution in [0.1, 0.15) is 45.1 Å². The van der Waals surface area contributed by atoms with Crippen molar-refractivity contribution in [1.82, 2.24) is 26.2 Å². The summed E-state index contributed by atoms with van der Waals surface area (Å²) in [7, 11) is 0. The topological polar surface area (TPSA) is 272 Å². The maximum Gasteiger partial charge on any atom is 0.312 e. The number of carbonyl (C=O) groups is 8. The molecule has 0 saturated heterocycles. The van der Waals surface area contributed by atoms with Crippen LogP contribution in [0.4, 0.5) is 10.5 Å². The van der Waals surface area contributed by atoms with Gasteiger partial charge in [0.1, 0.15) is 18.7 Å². The minimum absolute atomic E-state index is 0.0109. The van der Waals surface area contributed by atoms with E-state index in [4.69, 9.17) is 29.4 Å². The number of carbonyl (C=O) groups excluding carboxylic acids is 8. The molecular formula is C37H55N7O13. The molecule has 0 spiro atoms. The van der Waals surface area contributed by atoms with Crippen molar-refractivity contribution in [2.45, 2.75) is 58.2 Å². The Hall–Kier alpha value is -5.44. The van der Waals surface area contributed by atoms with E-state index in [0.29, 0.717) is 50.6 Å². The van der Waals surface area contributed by atoms with Crippen molar-refractivity contribution in [2.75, 3.05) is 77.8 Å². The van der Waals surface area contributed by atoms with Gasteiger partial charge >= 0.3 is 6.03 Å². The Bertz CT molecular complexity index is 1470. The van der Waals surface area contributed by atoms with Crippen molar-refractivity contribution >= 4 is 53.6 Å². The minimum Gasteiger partial charge on any atom is -0.463 e. The number of urea groups is 1. The smallest absolute Gasteiger partial charge is 0.312 e. The predicted octanol–water partition coefficient (Wildman–Crippen LogP) is -0.740. The highest BCUT2D eigenvalue weighted by Gasteiger charge is 2.29. The highest BCUT2D eigenvalue weighted by molar-refractivity contribution is 6.13. The molecule has 0 radical (unpaired) electrons. The van der Waals surface area contributed by atoms with Gasteiger partial charge in [-0.1, -0.05) is 26.0 Å². The first-order valence-corrected chi connectivity index (χ1v) is 18.6. The normalized spacial score (nSPS) is 13.2. The summed E-state index contributed by atoms with van der Waals surface area (Å²) in [6, 6.07) is 3.93. The maximum absolute atomic E-state index is 13.3. The Labute approximate surface area is 331 Å². The van der Waals surface area contributed by atoms with Crippen LogP contribution >= 0.6 is 0 Å². The van der Waals surface area contributed by atoms with Gasteiger partial charge in [-0.15, -0.1) is 0 Å². The maximum atomic E-state index is 13.3. The molecule has 0 aliphatic carbocycles. The van der Waals surface area contributed by atoms with E-state index < -0.39 is 47.7 Å². The zero-order valence-electron chi connectivity index (χ0n) is 32.4. The van der Waals surface area contributed by atoms with Crippen LogP contribution < -0.4 is 32.3 Å². The van der Waals surface area contributed by atoms with Crippen molar-refractivity contribution in [3.63, 3.8) is 0 Å². The number of anilines is 1. The fourth-order valence-corrected chi connectivity index (χ4v) is 5.02. The average Bonchev–Trinajstić information content (AvgIpc) is 3.50. The van der Waals surface area contributed by atoms with Crippen LogP contribution in [0.3, 0.4) is 0 Å². The van der Waals surface area contributed by atoms with Crippen LogP contribution in [0, 0.1) is 5.92 Å². The molecule has 20 heteroatoms. The lowest BCUT2D eigenvalue weighted by Gasteiger charge is -2.25. The molecule has 20 nitrogen and oxygen atoms in total. The number of primary amides is 1. The van der Waals surface area contributed by atoms with E-state index >= 15 is 0 Å². The van der Waals surface area contributed by atoms with E-state index in [1.165, 1.54) is 12.2 Å². The van der Waals surface area contributed by atoms with Crippen LogP contribution in [-0.2, 0) is 63.9 Å². The summed E-state index contributed by atoms with van der Waals surface area (Å²) < 4.78 is 26.5. The van der Waals surface area contributed by atoms with Gasteiger partial charge in [-0.05, 0) is 36.5 Å². The van der Waals surface area contributed by atoms with Crippen molar-refractivity contribution in [3.05, 3.63) is 42.0 Å². The van der Waals surface area contributed by atoms with Crippen LogP contribution in [0.5, 0.6) is 0 Å². The molecule has 1 aliphatic rings. The second-order valence-corrected chi connectivity index (χ2v) is 12.8. The molecule has 2 rings (SSSR count). The molecule has 7 N–H and O–H groups in total. The Morgan fingerprint density at radius 2 is 1.33 bits per heavy atom. The Morgan fingerprint density at radius 1 is 0.737 bits per heavy atom. The molecule has 0 aromatic heterocycles. The first kappa shape index (κ1) is 47.7. The predicted molar refractivity (Wildman–Crippen MR) is 203 cm³/mol. The van der Waals surface area contributed by atoms with Gasteiger partial charge in [-0.25, -0.2) is 4.79 Å². The number of rotatable bonds is 31. The minimum atomic E-state index is -1.00. The number of nitrogens with one attached hydrogen (secondary N) is 5. The number of hydrogen-bond donors (Lipinski definition) is 6. The molecule has 1 aromatic carbocycles. The monoisotopic (exact) mass is 805 g/mol. The molecule has 8 amide bonds. The zero-order valence-corrected chi connectivity index (χ0v) is 32.4. The van der Waals surface area contributed by atoms with Crippen molar-refractivity contribution in [1.29, 1.82) is 0 Å². The second-order valence-electron chi connectivity index (χ2n) is 12.8. The Morgan fingerprint density at radius 3 is 1.91 bits per heavy atom. The van der Waals surface area contributed by atoms with E-state index in [1.54, 1.807) is 38.1 Å². The van der Waals surface area contributed by atoms with Gasteiger partial charge in [-0.2, -0.15) is 0 Å². The van der Waals surface area contributed by atoms with Crippen molar-refractivity contribution in [3.8, 4) is 0 Å². The highest BCUT2D eigenvalue weighted by Crippen LogP contribution is 2.13. The number of nitrogens with two attached hydrogens (primary N) is 1.